The van der Waals surface area contributed by atoms with Gasteiger partial charge in [0.2, 0.25) is 0 Å². The minimum atomic E-state index is -0.642. The quantitative estimate of drug-likeness (QED) is 0.606. The predicted molar refractivity (Wildman–Crippen MR) is 60.0 cm³/mol. The van der Waals surface area contributed by atoms with Crippen molar-refractivity contribution >= 4 is 12.0 Å². The van der Waals surface area contributed by atoms with Crippen molar-refractivity contribution in [2.24, 2.45) is 0 Å². The number of nitrogens with one attached hydrogen (secondary N) is 2. The fraction of sp³-hybridized carbons (Fsp3) is 0.800. The number of nitrogens with zero attached hydrogens (tertiary/aromatic N) is 1. The van der Waals surface area contributed by atoms with E-state index < -0.39 is 17.7 Å². The lowest BCUT2D eigenvalue weighted by Crippen LogP contribution is -2.44. The van der Waals surface area contributed by atoms with Gasteiger partial charge in [0.25, 0.3) is 5.91 Å². The van der Waals surface area contributed by atoms with Gasteiger partial charge in [-0.3, -0.25) is 10.2 Å². The summed E-state index contributed by atoms with van der Waals surface area (Å²) in [6.07, 6.45) is -0.622. The third-order valence-electron chi connectivity index (χ3n) is 2.05. The number of aliphatic hydroxyl groups is 1. The van der Waals surface area contributed by atoms with Crippen LogP contribution in [0, 0.1) is 0 Å². The van der Waals surface area contributed by atoms with E-state index >= 15 is 0 Å². The number of hydrazine groups is 1. The van der Waals surface area contributed by atoms with Crippen LogP contribution in [0.1, 0.15) is 20.8 Å². The Labute approximate surface area is 100 Å². The Hall–Kier alpha value is -1.34. The Kier molecular flexibility index (Phi) is 4.30. The summed E-state index contributed by atoms with van der Waals surface area (Å²) in [5.41, 5.74) is 1.94. The highest BCUT2D eigenvalue weighted by atomic mass is 16.6. The molecule has 7 heteroatoms. The molecule has 0 aromatic heterocycles. The second kappa shape index (κ2) is 5.33. The highest BCUT2D eigenvalue weighted by Gasteiger charge is 2.32. The van der Waals surface area contributed by atoms with Crippen LogP contribution in [0.25, 0.3) is 0 Å². The molecule has 1 heterocycles. The third kappa shape index (κ3) is 4.58. The Balaban J connectivity index is 2.42. The van der Waals surface area contributed by atoms with E-state index in [4.69, 9.17) is 9.84 Å². The molecule has 1 unspecified atom stereocenters. The molecule has 1 aliphatic heterocycles. The van der Waals surface area contributed by atoms with Crippen molar-refractivity contribution in [2.75, 3.05) is 19.7 Å². The summed E-state index contributed by atoms with van der Waals surface area (Å²) in [6, 6.07) is -0.642. The first kappa shape index (κ1) is 13.7. The van der Waals surface area contributed by atoms with Crippen LogP contribution in [0.4, 0.5) is 4.79 Å². The molecular formula is C10H19N3O4. The summed E-state index contributed by atoms with van der Waals surface area (Å²) in [7, 11) is 0. The normalized spacial score (nSPS) is 21.2. The number of amides is 2. The molecule has 0 aromatic carbocycles. The van der Waals surface area contributed by atoms with Gasteiger partial charge in [0, 0.05) is 13.1 Å². The van der Waals surface area contributed by atoms with Crippen molar-refractivity contribution in [3.8, 4) is 0 Å². The molecule has 1 aliphatic rings. The Morgan fingerprint density at radius 1 is 1.65 bits per heavy atom. The van der Waals surface area contributed by atoms with E-state index in [1.54, 1.807) is 25.8 Å². The first-order valence-corrected chi connectivity index (χ1v) is 5.47. The number of hydrogen-bond acceptors (Lipinski definition) is 5. The maximum absolute atomic E-state index is 11.5. The van der Waals surface area contributed by atoms with Gasteiger partial charge >= 0.3 is 6.09 Å². The van der Waals surface area contributed by atoms with E-state index in [0.29, 0.717) is 13.1 Å². The molecule has 7 nitrogen and oxygen atoms in total. The maximum atomic E-state index is 11.5. The molecule has 17 heavy (non-hydrogen) atoms. The van der Waals surface area contributed by atoms with Gasteiger partial charge in [-0.2, -0.15) is 0 Å². The minimum absolute atomic E-state index is 0.0561. The number of hydrogen-bond donors (Lipinski definition) is 3. The van der Waals surface area contributed by atoms with Gasteiger partial charge in [-0.25, -0.2) is 9.80 Å². The fourth-order valence-corrected chi connectivity index (χ4v) is 1.41. The van der Waals surface area contributed by atoms with Crippen LogP contribution in [0.15, 0.2) is 0 Å². The summed E-state index contributed by atoms with van der Waals surface area (Å²) in [6.45, 7) is 5.84. The molecule has 1 rings (SSSR count). The molecule has 98 valence electrons. The van der Waals surface area contributed by atoms with Crippen molar-refractivity contribution in [1.29, 1.82) is 0 Å². The molecule has 0 bridgehead atoms. The molecule has 0 saturated carbocycles. The second-order valence-corrected chi connectivity index (χ2v) is 4.84. The number of β-amino-alcohol motifs (C(OH)–C–C–N with tert-alkyl or cyclic N) is 1. The second-order valence-electron chi connectivity index (χ2n) is 4.84. The highest BCUT2D eigenvalue weighted by molar-refractivity contribution is 5.87. The zero-order valence-electron chi connectivity index (χ0n) is 10.3. The SMILES string of the molecule is CC(C)(C)OC(=O)NC1CN(CCO)NC1=O. The summed E-state index contributed by atoms with van der Waals surface area (Å²) in [5, 5.41) is 12.8. The lowest BCUT2D eigenvalue weighted by Gasteiger charge is -2.20. The number of aliphatic hydroxyl groups excluding tert-OH is 1. The summed E-state index contributed by atoms with van der Waals surface area (Å²) >= 11 is 0. The maximum Gasteiger partial charge on any atom is 0.408 e. The van der Waals surface area contributed by atoms with E-state index in [9.17, 15) is 9.59 Å². The topological polar surface area (TPSA) is 90.9 Å². The average Bonchev–Trinajstić information content (AvgIpc) is 2.44. The molecule has 0 spiro atoms. The van der Waals surface area contributed by atoms with Gasteiger partial charge in [0.05, 0.1) is 6.61 Å². The van der Waals surface area contributed by atoms with Gasteiger partial charge in [-0.1, -0.05) is 0 Å². The number of rotatable bonds is 3. The van der Waals surface area contributed by atoms with E-state index in [1.165, 1.54) is 0 Å². The van der Waals surface area contributed by atoms with Crippen molar-refractivity contribution in [1.82, 2.24) is 15.8 Å². The van der Waals surface area contributed by atoms with Crippen LogP contribution >= 0.6 is 0 Å². The van der Waals surface area contributed by atoms with E-state index in [-0.39, 0.29) is 12.5 Å². The van der Waals surface area contributed by atoms with Gasteiger partial charge in [0.15, 0.2) is 0 Å². The lowest BCUT2D eigenvalue weighted by atomic mass is 10.2. The zero-order chi connectivity index (χ0) is 13.1. The molecular weight excluding hydrogens is 226 g/mol. The van der Waals surface area contributed by atoms with Crippen LogP contribution in [0.2, 0.25) is 0 Å². The number of carbonyl (C=O) groups is 2. The summed E-state index contributed by atoms with van der Waals surface area (Å²) in [4.78, 5) is 22.9. The minimum Gasteiger partial charge on any atom is -0.444 e. The number of ether oxygens (including phenoxy) is 1. The molecule has 3 N–H and O–H groups in total. The van der Waals surface area contributed by atoms with Gasteiger partial charge in [-0.05, 0) is 20.8 Å². The van der Waals surface area contributed by atoms with Gasteiger partial charge in [0.1, 0.15) is 11.6 Å². The number of alkyl carbamates (subject to hydrolysis) is 1. The van der Waals surface area contributed by atoms with Crippen molar-refractivity contribution < 1.29 is 19.4 Å². The Morgan fingerprint density at radius 3 is 2.82 bits per heavy atom. The molecule has 1 atom stereocenters. The van der Waals surface area contributed by atoms with Crippen molar-refractivity contribution in [2.45, 2.75) is 32.4 Å². The van der Waals surface area contributed by atoms with E-state index in [2.05, 4.69) is 10.7 Å². The largest absolute Gasteiger partial charge is 0.444 e. The van der Waals surface area contributed by atoms with E-state index in [1.807, 2.05) is 0 Å². The van der Waals surface area contributed by atoms with Crippen LogP contribution in [-0.2, 0) is 9.53 Å². The fourth-order valence-electron chi connectivity index (χ4n) is 1.41. The molecule has 2 amide bonds. The average molecular weight is 245 g/mol. The Morgan fingerprint density at radius 2 is 2.29 bits per heavy atom. The molecule has 1 fully saturated rings. The monoisotopic (exact) mass is 245 g/mol. The highest BCUT2D eigenvalue weighted by Crippen LogP contribution is 2.07. The van der Waals surface area contributed by atoms with Gasteiger partial charge < -0.3 is 15.2 Å². The summed E-state index contributed by atoms with van der Waals surface area (Å²) < 4.78 is 5.05. The Bertz CT molecular complexity index is 300. The molecule has 1 saturated heterocycles. The van der Waals surface area contributed by atoms with Crippen LogP contribution in [0.5, 0.6) is 0 Å². The first-order valence-electron chi connectivity index (χ1n) is 5.47. The third-order valence-corrected chi connectivity index (χ3v) is 2.05. The molecule has 0 aromatic rings. The lowest BCUT2D eigenvalue weighted by molar-refractivity contribution is -0.122. The van der Waals surface area contributed by atoms with Crippen LogP contribution in [0.3, 0.4) is 0 Å². The van der Waals surface area contributed by atoms with Crippen LogP contribution in [-0.4, -0.2) is 53.5 Å². The molecule has 0 radical (unpaired) electrons. The van der Waals surface area contributed by atoms with Crippen molar-refractivity contribution in [3.63, 3.8) is 0 Å². The van der Waals surface area contributed by atoms with Crippen LogP contribution < -0.4 is 10.7 Å². The van der Waals surface area contributed by atoms with Crippen molar-refractivity contribution in [3.05, 3.63) is 0 Å². The summed E-state index contributed by atoms with van der Waals surface area (Å²) in [5.74, 6) is -0.302. The zero-order valence-corrected chi connectivity index (χ0v) is 10.3. The standard InChI is InChI=1S/C10H19N3O4/c1-10(2,3)17-9(16)11-7-6-13(4-5-14)12-8(7)15/h7,14H,4-6H2,1-3H3,(H,11,16)(H,12,15). The first-order chi connectivity index (χ1) is 7.81. The van der Waals surface area contributed by atoms with E-state index in [0.717, 1.165) is 0 Å². The van der Waals surface area contributed by atoms with Gasteiger partial charge in [-0.15, -0.1) is 0 Å². The molecule has 0 aliphatic carbocycles. The predicted octanol–water partition coefficient (Wildman–Crippen LogP) is -0.781. The number of carbonyl (C=O) groups excluding carboxylic acids is 2. The smallest absolute Gasteiger partial charge is 0.408 e.